The second kappa shape index (κ2) is 7.29. The van der Waals surface area contributed by atoms with Crippen molar-refractivity contribution in [2.75, 3.05) is 0 Å². The summed E-state index contributed by atoms with van der Waals surface area (Å²) in [6.07, 6.45) is -0.892. The lowest BCUT2D eigenvalue weighted by molar-refractivity contribution is 0.210. The van der Waals surface area contributed by atoms with Crippen molar-refractivity contribution < 1.29 is 19.0 Å². The summed E-state index contributed by atoms with van der Waals surface area (Å²) in [6.45, 7) is 1.42. The van der Waals surface area contributed by atoms with Crippen LogP contribution in [0.2, 0.25) is 0 Å². The second-order valence-corrected chi connectivity index (χ2v) is 5.67. The first kappa shape index (κ1) is 16.3. The zero-order chi connectivity index (χ0) is 16.1. The van der Waals surface area contributed by atoms with E-state index in [0.29, 0.717) is 33.1 Å². The van der Waals surface area contributed by atoms with Gasteiger partial charge >= 0.3 is 6.09 Å². The first-order chi connectivity index (χ1) is 10.5. The number of carbonyl (C=O) groups excluding carboxylic acids is 1. The molecule has 3 N–H and O–H groups in total. The van der Waals surface area contributed by atoms with Gasteiger partial charge in [0, 0.05) is 11.3 Å². The van der Waals surface area contributed by atoms with Crippen molar-refractivity contribution in [2.24, 2.45) is 5.73 Å². The normalized spacial score (nSPS) is 10.5. The molecule has 0 saturated carbocycles. The number of carbonyl (C=O) groups is 1. The van der Waals surface area contributed by atoms with Crippen molar-refractivity contribution in [1.82, 2.24) is 0 Å². The fourth-order valence-corrected chi connectivity index (χ4v) is 2.95. The third-order valence-electron chi connectivity index (χ3n) is 3.16. The maximum atomic E-state index is 14.3. The van der Waals surface area contributed by atoms with Gasteiger partial charge in [0.1, 0.15) is 11.6 Å². The molecule has 0 radical (unpaired) electrons. The Labute approximate surface area is 132 Å². The fraction of sp³-hybridized carbons (Fsp3) is 0.188. The molecular formula is C16H16FNO3S. The zero-order valence-corrected chi connectivity index (χ0v) is 12.8. The predicted molar refractivity (Wildman–Crippen MR) is 83.3 cm³/mol. The number of hydrogen-bond acceptors (Lipinski definition) is 4. The van der Waals surface area contributed by atoms with Crippen LogP contribution in [-0.2, 0) is 12.4 Å². The summed E-state index contributed by atoms with van der Waals surface area (Å²) >= 11 is 1.33. The van der Waals surface area contributed by atoms with Crippen LogP contribution >= 0.6 is 11.8 Å². The first-order valence-electron chi connectivity index (χ1n) is 6.59. The Morgan fingerprint density at radius 3 is 2.73 bits per heavy atom. The number of rotatable bonds is 5. The molecule has 0 saturated heterocycles. The largest absolute Gasteiger partial charge is 0.410 e. The number of hydrogen-bond donors (Lipinski definition) is 2. The van der Waals surface area contributed by atoms with Gasteiger partial charge in [-0.15, -0.1) is 11.8 Å². The molecule has 116 valence electrons. The number of halogens is 1. The number of para-hydroxylation sites is 1. The zero-order valence-electron chi connectivity index (χ0n) is 12.0. The van der Waals surface area contributed by atoms with Crippen LogP contribution in [0.25, 0.3) is 0 Å². The Bertz CT molecular complexity index is 691. The van der Waals surface area contributed by atoms with Crippen LogP contribution in [0.5, 0.6) is 5.75 Å². The number of ether oxygens (including phenoxy) is 1. The fourth-order valence-electron chi connectivity index (χ4n) is 1.99. The smallest absolute Gasteiger partial charge is 0.409 e. The molecule has 0 spiro atoms. The quantitative estimate of drug-likeness (QED) is 0.828. The standard InChI is InChI=1S/C16H16FNO3S/c1-10-6-7-11(15(17)12(10)8-19)9-22-14-5-3-2-4-13(14)21-16(18)20/h2-7,19H,8-9H2,1H3,(H2,18,20). The minimum absolute atomic E-state index is 0.305. The van der Waals surface area contributed by atoms with E-state index in [1.54, 1.807) is 43.3 Å². The molecule has 0 aliphatic carbocycles. The van der Waals surface area contributed by atoms with Crippen LogP contribution in [0.15, 0.2) is 41.3 Å². The van der Waals surface area contributed by atoms with Gasteiger partial charge in [-0.3, -0.25) is 0 Å². The van der Waals surface area contributed by atoms with Gasteiger partial charge < -0.3 is 15.6 Å². The van der Waals surface area contributed by atoms with Crippen LogP contribution < -0.4 is 10.5 Å². The summed E-state index contributed by atoms with van der Waals surface area (Å²) in [7, 11) is 0. The minimum atomic E-state index is -0.892. The molecule has 0 fully saturated rings. The van der Waals surface area contributed by atoms with Crippen molar-refractivity contribution >= 4 is 17.9 Å². The first-order valence-corrected chi connectivity index (χ1v) is 7.58. The van der Waals surface area contributed by atoms with Gasteiger partial charge in [0.05, 0.1) is 11.5 Å². The summed E-state index contributed by atoms with van der Waals surface area (Å²) in [4.78, 5) is 11.6. The van der Waals surface area contributed by atoms with Gasteiger partial charge in [0.25, 0.3) is 0 Å². The van der Waals surface area contributed by atoms with E-state index in [4.69, 9.17) is 10.5 Å². The molecule has 2 aromatic carbocycles. The molecule has 0 aliphatic heterocycles. The van der Waals surface area contributed by atoms with Crippen LogP contribution in [0.1, 0.15) is 16.7 Å². The van der Waals surface area contributed by atoms with Gasteiger partial charge in [-0.25, -0.2) is 9.18 Å². The summed E-state index contributed by atoms with van der Waals surface area (Å²) in [5, 5.41) is 9.23. The number of primary amides is 1. The van der Waals surface area contributed by atoms with E-state index >= 15 is 0 Å². The van der Waals surface area contributed by atoms with E-state index in [1.165, 1.54) is 11.8 Å². The van der Waals surface area contributed by atoms with Gasteiger partial charge in [0.15, 0.2) is 0 Å². The van der Waals surface area contributed by atoms with Gasteiger partial charge in [-0.05, 0) is 30.2 Å². The summed E-state index contributed by atoms with van der Waals surface area (Å²) in [5.41, 5.74) is 6.52. The second-order valence-electron chi connectivity index (χ2n) is 4.65. The van der Waals surface area contributed by atoms with Crippen molar-refractivity contribution in [3.63, 3.8) is 0 Å². The molecule has 2 rings (SSSR count). The Morgan fingerprint density at radius 1 is 1.32 bits per heavy atom. The molecule has 1 amide bonds. The Hall–Kier alpha value is -2.05. The van der Waals surface area contributed by atoms with E-state index < -0.39 is 11.9 Å². The third-order valence-corrected chi connectivity index (χ3v) is 4.26. The minimum Gasteiger partial charge on any atom is -0.409 e. The number of thioether (sulfide) groups is 1. The SMILES string of the molecule is Cc1ccc(CSc2ccccc2OC(N)=O)c(F)c1CO. The molecule has 0 aromatic heterocycles. The van der Waals surface area contributed by atoms with E-state index in [9.17, 15) is 14.3 Å². The maximum Gasteiger partial charge on any atom is 0.410 e. The average Bonchev–Trinajstić information content (AvgIpc) is 2.48. The highest BCUT2D eigenvalue weighted by Crippen LogP contribution is 2.32. The highest BCUT2D eigenvalue weighted by Gasteiger charge is 2.12. The maximum absolute atomic E-state index is 14.3. The van der Waals surface area contributed by atoms with E-state index in [1.807, 2.05) is 0 Å². The topological polar surface area (TPSA) is 72.5 Å². The molecule has 0 heterocycles. The monoisotopic (exact) mass is 321 g/mol. The van der Waals surface area contributed by atoms with Crippen LogP contribution in [0.4, 0.5) is 9.18 Å². The number of aliphatic hydroxyl groups excluding tert-OH is 1. The number of nitrogens with two attached hydrogens (primary N) is 1. The third kappa shape index (κ3) is 3.78. The van der Waals surface area contributed by atoms with E-state index in [-0.39, 0.29) is 6.61 Å². The van der Waals surface area contributed by atoms with Crippen LogP contribution in [-0.4, -0.2) is 11.2 Å². The molecule has 6 heteroatoms. The predicted octanol–water partition coefficient (Wildman–Crippen LogP) is 3.38. The van der Waals surface area contributed by atoms with Gasteiger partial charge in [0.2, 0.25) is 0 Å². The number of benzene rings is 2. The molecule has 2 aromatic rings. The van der Waals surface area contributed by atoms with Gasteiger partial charge in [-0.2, -0.15) is 0 Å². The average molecular weight is 321 g/mol. The number of amides is 1. The van der Waals surface area contributed by atoms with Crippen molar-refractivity contribution in [3.05, 3.63) is 58.9 Å². The summed E-state index contributed by atoms with van der Waals surface area (Å²) < 4.78 is 19.2. The van der Waals surface area contributed by atoms with Gasteiger partial charge in [-0.1, -0.05) is 24.3 Å². The van der Waals surface area contributed by atoms with Crippen LogP contribution in [0, 0.1) is 12.7 Å². The Kier molecular flexibility index (Phi) is 5.41. The lowest BCUT2D eigenvalue weighted by atomic mass is 10.1. The van der Waals surface area contributed by atoms with E-state index in [0.717, 1.165) is 0 Å². The summed E-state index contributed by atoms with van der Waals surface area (Å²) in [5.74, 6) is 0.288. The molecule has 22 heavy (non-hydrogen) atoms. The van der Waals surface area contributed by atoms with Crippen LogP contribution in [0.3, 0.4) is 0 Å². The molecule has 0 aliphatic rings. The molecule has 0 bridgehead atoms. The Balaban J connectivity index is 2.19. The molecule has 4 nitrogen and oxygen atoms in total. The number of aliphatic hydroxyl groups is 1. The highest BCUT2D eigenvalue weighted by atomic mass is 32.2. The highest BCUT2D eigenvalue weighted by molar-refractivity contribution is 7.98. The summed E-state index contributed by atoms with van der Waals surface area (Å²) in [6, 6.07) is 10.4. The van der Waals surface area contributed by atoms with E-state index in [2.05, 4.69) is 0 Å². The van der Waals surface area contributed by atoms with Crippen molar-refractivity contribution in [2.45, 2.75) is 24.2 Å². The lowest BCUT2D eigenvalue weighted by Crippen LogP contribution is -2.16. The molecule has 0 unspecified atom stereocenters. The molecule has 0 atom stereocenters. The number of aryl methyl sites for hydroxylation is 1. The molecular weight excluding hydrogens is 305 g/mol. The lowest BCUT2D eigenvalue weighted by Gasteiger charge is -2.11. The van der Waals surface area contributed by atoms with Crippen molar-refractivity contribution in [3.8, 4) is 5.75 Å². The van der Waals surface area contributed by atoms with Crippen molar-refractivity contribution in [1.29, 1.82) is 0 Å². The Morgan fingerprint density at radius 2 is 2.05 bits per heavy atom.